The summed E-state index contributed by atoms with van der Waals surface area (Å²) in [6, 6.07) is 3.57. The molecule has 0 aliphatic heterocycles. The minimum Gasteiger partial charge on any atom is -0.496 e. The second-order valence-corrected chi connectivity index (χ2v) is 3.80. The topological polar surface area (TPSA) is 55.0 Å². The molecule has 5 heteroatoms. The lowest BCUT2D eigenvalue weighted by Gasteiger charge is -2.06. The fourth-order valence-electron chi connectivity index (χ4n) is 1.40. The monoisotopic (exact) mass is 222 g/mol. The summed E-state index contributed by atoms with van der Waals surface area (Å²) in [6.45, 7) is 0. The largest absolute Gasteiger partial charge is 0.496 e. The lowest BCUT2D eigenvalue weighted by atomic mass is 10.2. The number of fused-ring (bicyclic) bond motifs is 1. The van der Waals surface area contributed by atoms with E-state index < -0.39 is 0 Å². The summed E-state index contributed by atoms with van der Waals surface area (Å²) in [4.78, 5) is 19.1. The van der Waals surface area contributed by atoms with E-state index in [9.17, 15) is 4.79 Å². The van der Waals surface area contributed by atoms with E-state index in [1.807, 2.05) is 12.3 Å². The van der Waals surface area contributed by atoms with Gasteiger partial charge in [0, 0.05) is 0 Å². The third-order valence-corrected chi connectivity index (χ3v) is 2.90. The molecule has 0 atom stereocenters. The number of aromatic amines is 1. The highest BCUT2D eigenvalue weighted by molar-refractivity contribution is 7.98. The summed E-state index contributed by atoms with van der Waals surface area (Å²) in [5.41, 5.74) is 0.537. The van der Waals surface area contributed by atoms with Gasteiger partial charge in [-0.15, -0.1) is 11.8 Å². The quantitative estimate of drug-likeness (QED) is 0.785. The van der Waals surface area contributed by atoms with Gasteiger partial charge in [-0.05, 0) is 18.4 Å². The van der Waals surface area contributed by atoms with Crippen LogP contribution in [0.2, 0.25) is 0 Å². The number of nitrogens with zero attached hydrogens (tertiary/aromatic N) is 1. The van der Waals surface area contributed by atoms with Crippen molar-refractivity contribution in [3.8, 4) is 5.75 Å². The van der Waals surface area contributed by atoms with Gasteiger partial charge in [0.15, 0.2) is 0 Å². The van der Waals surface area contributed by atoms with E-state index in [4.69, 9.17) is 4.74 Å². The summed E-state index contributed by atoms with van der Waals surface area (Å²) >= 11 is 1.56. The third kappa shape index (κ3) is 1.70. The highest BCUT2D eigenvalue weighted by Crippen LogP contribution is 2.29. The van der Waals surface area contributed by atoms with Crippen LogP contribution < -0.4 is 10.3 Å². The molecule has 15 heavy (non-hydrogen) atoms. The number of thioether (sulfide) groups is 1. The second kappa shape index (κ2) is 3.94. The molecule has 0 spiro atoms. The molecule has 0 saturated carbocycles. The van der Waals surface area contributed by atoms with Crippen LogP contribution in [0.3, 0.4) is 0 Å². The van der Waals surface area contributed by atoms with Crippen molar-refractivity contribution in [1.82, 2.24) is 9.97 Å². The van der Waals surface area contributed by atoms with Crippen molar-refractivity contribution < 1.29 is 4.74 Å². The molecule has 0 aliphatic carbocycles. The Morgan fingerprint density at radius 3 is 2.93 bits per heavy atom. The van der Waals surface area contributed by atoms with Gasteiger partial charge in [0.1, 0.15) is 5.75 Å². The molecular formula is C10H10N2O2S. The average molecular weight is 222 g/mol. The maximum atomic E-state index is 11.5. The zero-order chi connectivity index (χ0) is 10.8. The average Bonchev–Trinajstić information content (AvgIpc) is 2.28. The van der Waals surface area contributed by atoms with Gasteiger partial charge < -0.3 is 9.72 Å². The number of hydrogen-bond donors (Lipinski definition) is 1. The van der Waals surface area contributed by atoms with Crippen LogP contribution in [0.1, 0.15) is 0 Å². The molecule has 1 N–H and O–H groups in total. The number of methoxy groups -OCH3 is 1. The van der Waals surface area contributed by atoms with Crippen LogP contribution in [0.25, 0.3) is 10.9 Å². The summed E-state index contributed by atoms with van der Waals surface area (Å²) in [6.07, 6.45) is 3.36. The normalized spacial score (nSPS) is 10.5. The Morgan fingerprint density at radius 2 is 2.27 bits per heavy atom. The molecule has 0 bridgehead atoms. The fourth-order valence-corrected chi connectivity index (χ4v) is 1.97. The molecule has 1 heterocycles. The predicted octanol–water partition coefficient (Wildman–Crippen LogP) is 1.65. The van der Waals surface area contributed by atoms with Crippen molar-refractivity contribution in [3.63, 3.8) is 0 Å². The van der Waals surface area contributed by atoms with Crippen LogP contribution in [0.4, 0.5) is 0 Å². The van der Waals surface area contributed by atoms with Gasteiger partial charge in [-0.25, -0.2) is 4.98 Å². The van der Waals surface area contributed by atoms with E-state index in [2.05, 4.69) is 9.97 Å². The number of nitrogens with one attached hydrogen (secondary N) is 1. The lowest BCUT2D eigenvalue weighted by molar-refractivity contribution is 0.405. The third-order valence-electron chi connectivity index (χ3n) is 2.15. The first-order valence-corrected chi connectivity index (χ1v) is 5.58. The van der Waals surface area contributed by atoms with Gasteiger partial charge in [0.25, 0.3) is 5.56 Å². The van der Waals surface area contributed by atoms with Gasteiger partial charge >= 0.3 is 0 Å². The molecule has 0 saturated heterocycles. The Bertz CT molecular complexity index is 551. The van der Waals surface area contributed by atoms with Crippen LogP contribution in [0.15, 0.2) is 28.2 Å². The Morgan fingerprint density at radius 1 is 1.47 bits per heavy atom. The van der Waals surface area contributed by atoms with Gasteiger partial charge in [0.2, 0.25) is 0 Å². The Balaban J connectivity index is 2.81. The smallest absolute Gasteiger partial charge is 0.258 e. The minimum absolute atomic E-state index is 0.147. The SMILES string of the molecule is COc1cc2c(=O)[nH]cnc2cc1SC. The summed E-state index contributed by atoms with van der Waals surface area (Å²) in [5.74, 6) is 0.702. The molecule has 2 rings (SSSR count). The van der Waals surface area contributed by atoms with Crippen molar-refractivity contribution in [1.29, 1.82) is 0 Å². The zero-order valence-corrected chi connectivity index (χ0v) is 9.22. The molecule has 4 nitrogen and oxygen atoms in total. The number of rotatable bonds is 2. The van der Waals surface area contributed by atoms with Crippen LogP contribution in [0.5, 0.6) is 5.75 Å². The Kier molecular flexibility index (Phi) is 2.64. The van der Waals surface area contributed by atoms with E-state index in [1.54, 1.807) is 24.9 Å². The maximum absolute atomic E-state index is 11.5. The lowest BCUT2D eigenvalue weighted by Crippen LogP contribution is -2.06. The first kappa shape index (κ1) is 10.0. The van der Waals surface area contributed by atoms with Crippen LogP contribution in [-0.2, 0) is 0 Å². The van der Waals surface area contributed by atoms with Crippen molar-refractivity contribution in [2.24, 2.45) is 0 Å². The Labute approximate surface area is 90.7 Å². The molecule has 2 aromatic rings. The number of aromatic nitrogens is 2. The molecular weight excluding hydrogens is 212 g/mol. The van der Waals surface area contributed by atoms with Gasteiger partial charge in [-0.1, -0.05) is 0 Å². The number of H-pyrrole nitrogens is 1. The molecule has 0 radical (unpaired) electrons. The first-order valence-electron chi connectivity index (χ1n) is 4.35. The van der Waals surface area contributed by atoms with Gasteiger partial charge in [0.05, 0.1) is 29.2 Å². The minimum atomic E-state index is -0.147. The molecule has 78 valence electrons. The maximum Gasteiger partial charge on any atom is 0.258 e. The van der Waals surface area contributed by atoms with Crippen LogP contribution in [0, 0.1) is 0 Å². The zero-order valence-electron chi connectivity index (χ0n) is 8.40. The predicted molar refractivity (Wildman–Crippen MR) is 60.7 cm³/mol. The van der Waals surface area contributed by atoms with E-state index in [0.717, 1.165) is 4.90 Å². The van der Waals surface area contributed by atoms with Gasteiger partial charge in [-0.3, -0.25) is 4.79 Å². The van der Waals surface area contributed by atoms with E-state index >= 15 is 0 Å². The first-order chi connectivity index (χ1) is 7.26. The highest BCUT2D eigenvalue weighted by Gasteiger charge is 2.07. The molecule has 1 aromatic heterocycles. The molecule has 1 aromatic carbocycles. The van der Waals surface area contributed by atoms with Crippen molar-refractivity contribution in [3.05, 3.63) is 28.8 Å². The van der Waals surface area contributed by atoms with Crippen molar-refractivity contribution in [2.45, 2.75) is 4.90 Å². The van der Waals surface area contributed by atoms with Gasteiger partial charge in [-0.2, -0.15) is 0 Å². The summed E-state index contributed by atoms with van der Waals surface area (Å²) in [7, 11) is 1.59. The number of ether oxygens (including phenoxy) is 1. The summed E-state index contributed by atoms with van der Waals surface area (Å²) in [5, 5.41) is 0.548. The van der Waals surface area contributed by atoms with Crippen molar-refractivity contribution >= 4 is 22.7 Å². The standard InChI is InChI=1S/C10H10N2O2S/c1-14-8-3-6-7(4-9(8)15-2)11-5-12-10(6)13/h3-5H,1-2H3,(H,11,12,13). The number of hydrogen-bond acceptors (Lipinski definition) is 4. The molecule has 0 amide bonds. The molecule has 0 unspecified atom stereocenters. The van der Waals surface area contributed by atoms with Crippen LogP contribution in [-0.4, -0.2) is 23.3 Å². The van der Waals surface area contributed by atoms with Crippen molar-refractivity contribution in [2.75, 3.05) is 13.4 Å². The van der Waals surface area contributed by atoms with E-state index in [0.29, 0.717) is 16.7 Å². The van der Waals surface area contributed by atoms with E-state index in [-0.39, 0.29) is 5.56 Å². The molecule has 0 aliphatic rings. The Hall–Kier alpha value is -1.49. The molecule has 0 fully saturated rings. The number of benzene rings is 1. The second-order valence-electron chi connectivity index (χ2n) is 2.96. The van der Waals surface area contributed by atoms with Crippen LogP contribution >= 0.6 is 11.8 Å². The van der Waals surface area contributed by atoms with E-state index in [1.165, 1.54) is 6.33 Å². The summed E-state index contributed by atoms with van der Waals surface area (Å²) < 4.78 is 5.20. The highest BCUT2D eigenvalue weighted by atomic mass is 32.2. The fraction of sp³-hybridized carbons (Fsp3) is 0.200.